The number of aryl methyl sites for hydroxylation is 2. The second kappa shape index (κ2) is 26.5. The molecule has 258 valence electrons. The number of ether oxygens (including phenoxy) is 2. The van der Waals surface area contributed by atoms with Gasteiger partial charge >= 0.3 is 33.0 Å². The summed E-state index contributed by atoms with van der Waals surface area (Å²) in [5.41, 5.74) is 3.57. The van der Waals surface area contributed by atoms with E-state index in [4.69, 9.17) is 34.7 Å². The van der Waals surface area contributed by atoms with Crippen LogP contribution in [0.25, 0.3) is 0 Å². The molecule has 44 heavy (non-hydrogen) atoms. The van der Waals surface area contributed by atoms with Gasteiger partial charge in [-0.3, -0.25) is 0 Å². The van der Waals surface area contributed by atoms with Crippen LogP contribution in [0.1, 0.15) is 29.2 Å². The molecule has 0 aromatic heterocycles. The van der Waals surface area contributed by atoms with E-state index in [2.05, 4.69) is 21.7 Å². The molecule has 0 heterocycles. The van der Waals surface area contributed by atoms with Gasteiger partial charge in [-0.05, 0) is 76.3 Å². The first-order chi connectivity index (χ1) is 18.6. The molecule has 2 aromatic rings. The number of hydrogen-bond donors (Lipinski definition) is 0. The van der Waals surface area contributed by atoms with Crippen LogP contribution in [0.3, 0.4) is 0 Å². The fourth-order valence-electron chi connectivity index (χ4n) is 3.70. The van der Waals surface area contributed by atoms with Gasteiger partial charge in [0.1, 0.15) is 11.5 Å². The Labute approximate surface area is 278 Å². The van der Waals surface area contributed by atoms with Crippen LogP contribution >= 0.6 is 0 Å². The molecule has 0 saturated heterocycles. The van der Waals surface area contributed by atoms with Gasteiger partial charge < -0.3 is 70.6 Å². The number of aliphatic carboxylic acids is 1. The van der Waals surface area contributed by atoms with Crippen molar-refractivity contribution in [2.24, 2.45) is 0 Å². The first kappa shape index (κ1) is 50.7. The Bertz CT molecular complexity index is 1010. The molecule has 0 fully saturated rings. The Morgan fingerprint density at radius 1 is 0.727 bits per heavy atom. The molecule has 0 atom stereocenters. The van der Waals surface area contributed by atoms with Crippen LogP contribution in [-0.2, 0) is 61.8 Å². The second-order valence-electron chi connectivity index (χ2n) is 9.40. The van der Waals surface area contributed by atoms with Crippen molar-refractivity contribution >= 4 is 5.97 Å². The monoisotopic (exact) mass is 718 g/mol. The molecule has 6 N–H and O–H groups in total. The van der Waals surface area contributed by atoms with E-state index < -0.39 is 11.1 Å². The maximum Gasteiger partial charge on any atom is 2.00 e. The SMILES string of the molecule is CC(=O)[O-].COc1cc(C)cc(CN(C)CCN(C)CCN(C)Cc2cc(C)cc(OC)c2[O-])c1[O-].O=[N+]([O-])[O-].[Ni+2].[Ni+2].[OH3+].[OH3+]. The summed E-state index contributed by atoms with van der Waals surface area (Å²) in [5.74, 6) is -0.349. The molecule has 0 amide bonds. The number of carboxylic acid groups (broad SMARTS) is 1. The molecule has 0 aliphatic heterocycles. The zero-order valence-electron chi connectivity index (χ0n) is 26.3. The third-order valence-corrected chi connectivity index (χ3v) is 5.60. The third kappa shape index (κ3) is 21.7. The number of rotatable bonds is 12. The van der Waals surface area contributed by atoms with Crippen LogP contribution in [0.4, 0.5) is 0 Å². The topological polar surface area (TPSA) is 247 Å². The van der Waals surface area contributed by atoms with Crippen LogP contribution in [0.15, 0.2) is 24.3 Å². The normalized spacial score (nSPS) is 9.52. The van der Waals surface area contributed by atoms with Gasteiger partial charge in [0.2, 0.25) is 0 Å². The van der Waals surface area contributed by atoms with Crippen LogP contribution in [0.2, 0.25) is 0 Å². The number of hydrogen-bond acceptors (Lipinski definition) is 12. The van der Waals surface area contributed by atoms with Gasteiger partial charge in [-0.1, -0.05) is 23.6 Å². The minimum atomic E-state index is -1.75. The number of carbonyl (C=O) groups excluding carboxylic acids is 1. The smallest absolute Gasteiger partial charge is 0.870 e. The van der Waals surface area contributed by atoms with Crippen molar-refractivity contribution in [3.8, 4) is 23.0 Å². The summed E-state index contributed by atoms with van der Waals surface area (Å²) in [6.45, 7) is 9.54. The summed E-state index contributed by atoms with van der Waals surface area (Å²) in [6, 6.07) is 7.42. The first-order valence-corrected chi connectivity index (χ1v) is 12.3. The minimum Gasteiger partial charge on any atom is -0.870 e. The van der Waals surface area contributed by atoms with Crippen molar-refractivity contribution in [3.05, 3.63) is 61.8 Å². The van der Waals surface area contributed by atoms with Gasteiger partial charge in [0, 0.05) is 45.2 Å². The molecule has 0 aliphatic rings. The van der Waals surface area contributed by atoms with Gasteiger partial charge in [0.25, 0.3) is 0 Å². The Kier molecular flexibility index (Phi) is 30.5. The quantitative estimate of drug-likeness (QED) is 0.107. The molecule has 0 bridgehead atoms. The molecular weight excluding hydrogens is 674 g/mol. The fourth-order valence-corrected chi connectivity index (χ4v) is 3.70. The van der Waals surface area contributed by atoms with Crippen LogP contribution in [-0.4, -0.2) is 87.3 Å². The number of methoxy groups -OCH3 is 2. The number of nitrogens with zero attached hydrogens (tertiary/aromatic N) is 4. The van der Waals surface area contributed by atoms with E-state index in [-0.39, 0.29) is 55.4 Å². The zero-order valence-corrected chi connectivity index (χ0v) is 28.3. The zero-order chi connectivity index (χ0) is 31.0. The number of likely N-dealkylation sites (N-methyl/N-ethyl adjacent to an activating group) is 3. The van der Waals surface area contributed by atoms with Crippen LogP contribution in [0.5, 0.6) is 23.0 Å². The average molecular weight is 720 g/mol. The van der Waals surface area contributed by atoms with E-state index in [1.54, 1.807) is 12.1 Å². The van der Waals surface area contributed by atoms with E-state index in [9.17, 15) is 10.2 Å². The molecule has 15 nitrogen and oxygen atoms in total. The third-order valence-electron chi connectivity index (χ3n) is 5.60. The van der Waals surface area contributed by atoms with E-state index in [0.717, 1.165) is 55.4 Å². The van der Waals surface area contributed by atoms with Crippen molar-refractivity contribution < 1.29 is 78.6 Å². The van der Waals surface area contributed by atoms with Crippen molar-refractivity contribution in [1.29, 1.82) is 0 Å². The molecule has 0 radical (unpaired) electrons. The van der Waals surface area contributed by atoms with E-state index in [1.807, 2.05) is 40.1 Å². The van der Waals surface area contributed by atoms with Crippen molar-refractivity contribution in [3.63, 3.8) is 0 Å². The Morgan fingerprint density at radius 2 is 0.977 bits per heavy atom. The predicted octanol–water partition coefficient (Wildman–Crippen LogP) is -1.37. The largest absolute Gasteiger partial charge is 2.00 e. The van der Waals surface area contributed by atoms with Crippen molar-refractivity contribution in [1.82, 2.24) is 14.7 Å². The minimum absolute atomic E-state index is 0. The summed E-state index contributed by atoms with van der Waals surface area (Å²) < 4.78 is 10.4. The summed E-state index contributed by atoms with van der Waals surface area (Å²) in [7, 11) is 9.20. The van der Waals surface area contributed by atoms with Crippen molar-refractivity contribution in [2.75, 3.05) is 61.5 Å². The maximum absolute atomic E-state index is 12.4. The standard InChI is InChI=1S/C25H39N3O4.C2H4O2.NO3.2Ni.2H2O/c1-18-12-20(24(29)22(14-18)31-6)16-27(4)10-8-26(3)9-11-28(5)17-21-13-19(2)15-23(32-7)25(21)30;1-2(3)4;2-1(3)4;;;;/h12-15,29-30H,8-11,16-17H2,1-7H3;1H3,(H,3,4);;;;2*1H2/q;;-1;2*+2;;/p-1. The van der Waals surface area contributed by atoms with Gasteiger partial charge in [-0.25, -0.2) is 0 Å². The van der Waals surface area contributed by atoms with Crippen LogP contribution < -0.4 is 24.8 Å². The van der Waals surface area contributed by atoms with E-state index >= 15 is 0 Å². The number of benzene rings is 2. The Morgan fingerprint density at radius 3 is 1.23 bits per heavy atom. The Hall–Kier alpha value is -2.90. The number of carbonyl (C=O) groups is 1. The summed E-state index contributed by atoms with van der Waals surface area (Å²) >= 11 is 0. The van der Waals surface area contributed by atoms with Gasteiger partial charge in [-0.2, -0.15) is 0 Å². The van der Waals surface area contributed by atoms with E-state index in [1.165, 1.54) is 14.2 Å². The predicted molar refractivity (Wildman–Crippen MR) is 155 cm³/mol. The van der Waals surface area contributed by atoms with Crippen LogP contribution in [0, 0.1) is 29.2 Å². The fraction of sp³-hybridized carbons (Fsp3) is 0.519. The number of carboxylic acids is 1. The van der Waals surface area contributed by atoms with Crippen molar-refractivity contribution in [2.45, 2.75) is 33.9 Å². The second-order valence-corrected chi connectivity index (χ2v) is 9.40. The summed E-state index contributed by atoms with van der Waals surface area (Å²) in [6.07, 6.45) is 0. The molecule has 0 aliphatic carbocycles. The molecule has 0 unspecified atom stereocenters. The van der Waals surface area contributed by atoms with Gasteiger partial charge in [0.15, 0.2) is 0 Å². The van der Waals surface area contributed by atoms with Gasteiger partial charge in [0.05, 0.1) is 19.3 Å². The Balaban J connectivity index is -0.000000377. The summed E-state index contributed by atoms with van der Waals surface area (Å²) in [4.78, 5) is 23.7. The average Bonchev–Trinajstić information content (AvgIpc) is 2.84. The molecule has 2 aromatic carbocycles. The van der Waals surface area contributed by atoms with E-state index in [0.29, 0.717) is 24.6 Å². The molecule has 2 rings (SSSR count). The first-order valence-electron chi connectivity index (χ1n) is 12.3. The van der Waals surface area contributed by atoms with Gasteiger partial charge in [-0.15, -0.1) is 0 Å². The molecule has 17 heteroatoms. The summed E-state index contributed by atoms with van der Waals surface area (Å²) in [5, 5.41) is 48.5. The molecule has 0 spiro atoms. The molecular formula is C27H46N4Ni2O11+2. The molecule has 0 saturated carbocycles. The maximum atomic E-state index is 12.4.